The summed E-state index contributed by atoms with van der Waals surface area (Å²) in [5.74, 6) is 0.800. The highest BCUT2D eigenvalue weighted by molar-refractivity contribution is 7.89. The van der Waals surface area contributed by atoms with Gasteiger partial charge in [-0.3, -0.25) is 0 Å². The predicted molar refractivity (Wildman–Crippen MR) is 140 cm³/mol. The highest BCUT2D eigenvalue weighted by Gasteiger charge is 2.27. The van der Waals surface area contributed by atoms with Crippen LogP contribution in [-0.2, 0) is 14.8 Å². The van der Waals surface area contributed by atoms with E-state index in [9.17, 15) is 13.2 Å². The molecule has 0 radical (unpaired) electrons. The first kappa shape index (κ1) is 26.1. The molecule has 0 bridgehead atoms. The number of hydrogen-bond acceptors (Lipinski definition) is 8. The number of rotatable bonds is 9. The summed E-state index contributed by atoms with van der Waals surface area (Å²) in [6.45, 7) is 5.69. The zero-order valence-corrected chi connectivity index (χ0v) is 22.2. The second-order valence-corrected chi connectivity index (χ2v) is 11.8. The number of hydrogen-bond donors (Lipinski definition) is 4. The molecule has 1 aromatic carbocycles. The molecule has 2 heterocycles. The van der Waals surface area contributed by atoms with Crippen LogP contribution in [0.5, 0.6) is 0 Å². The van der Waals surface area contributed by atoms with Gasteiger partial charge < -0.3 is 20.4 Å². The minimum Gasteiger partial charge on any atom is -0.447 e. The number of carbonyl (C=O) groups excluding carboxylic acids is 1. The highest BCUT2D eigenvalue weighted by Crippen LogP contribution is 2.40. The number of amides is 1. The van der Waals surface area contributed by atoms with Gasteiger partial charge in [0.15, 0.2) is 0 Å². The quantitative estimate of drug-likeness (QED) is 0.312. The smallest absolute Gasteiger partial charge is 0.407 e. The number of imidazole rings is 1. The Hall–Kier alpha value is -2.96. The fourth-order valence-corrected chi connectivity index (χ4v) is 6.74. The first-order chi connectivity index (χ1) is 17.2. The van der Waals surface area contributed by atoms with Gasteiger partial charge in [-0.25, -0.2) is 27.9 Å². The van der Waals surface area contributed by atoms with E-state index < -0.39 is 10.0 Å². The van der Waals surface area contributed by atoms with E-state index in [0.717, 1.165) is 35.6 Å². The maximum atomic E-state index is 13.1. The molecule has 1 amide bonds. The molecule has 0 spiro atoms. The number of aromatic amines is 1. The molecule has 0 unspecified atom stereocenters. The lowest BCUT2D eigenvalue weighted by Crippen LogP contribution is -2.38. The number of sulfonamides is 1. The van der Waals surface area contributed by atoms with Gasteiger partial charge >= 0.3 is 6.09 Å². The number of H-pyrrole nitrogens is 1. The fraction of sp³-hybridized carbons (Fsp3) is 0.458. The minimum atomic E-state index is -3.73. The van der Waals surface area contributed by atoms with Crippen LogP contribution in [0.4, 0.5) is 16.4 Å². The highest BCUT2D eigenvalue weighted by atomic mass is 32.2. The topological polar surface area (TPSA) is 138 Å². The number of alkyl carbamates (subject to hydrolysis) is 1. The van der Waals surface area contributed by atoms with Gasteiger partial charge in [0, 0.05) is 48.3 Å². The number of ether oxygens (including phenoxy) is 1. The molecule has 0 aliphatic heterocycles. The average molecular weight is 533 g/mol. The first-order valence-electron chi connectivity index (χ1n) is 12.1. The number of benzene rings is 1. The van der Waals surface area contributed by atoms with Crippen molar-refractivity contribution in [2.75, 3.05) is 11.9 Å². The summed E-state index contributed by atoms with van der Waals surface area (Å²) in [6.07, 6.45) is 8.03. The van der Waals surface area contributed by atoms with Crippen LogP contribution in [0, 0.1) is 0 Å². The van der Waals surface area contributed by atoms with Gasteiger partial charge in [-0.2, -0.15) is 0 Å². The Balaban J connectivity index is 1.51. The maximum Gasteiger partial charge on any atom is 0.407 e. The van der Waals surface area contributed by atoms with E-state index in [0.29, 0.717) is 17.2 Å². The largest absolute Gasteiger partial charge is 0.447 e. The monoisotopic (exact) mass is 532 g/mol. The van der Waals surface area contributed by atoms with Crippen LogP contribution in [0.1, 0.15) is 57.4 Å². The molecule has 4 rings (SSSR count). The number of carbonyl (C=O) groups is 1. The first-order valence-corrected chi connectivity index (χ1v) is 14.4. The second-order valence-electron chi connectivity index (χ2n) is 8.98. The molecule has 194 valence electrons. The van der Waals surface area contributed by atoms with Crippen LogP contribution in [-0.4, -0.2) is 48.2 Å². The number of thiazole rings is 1. The lowest BCUT2D eigenvalue weighted by Gasteiger charge is -2.28. The fourth-order valence-electron chi connectivity index (χ4n) is 4.26. The number of aromatic nitrogens is 3. The second kappa shape index (κ2) is 11.4. The molecule has 36 heavy (non-hydrogen) atoms. The van der Waals surface area contributed by atoms with Crippen molar-refractivity contribution in [1.29, 1.82) is 0 Å². The Morgan fingerprint density at radius 2 is 2.00 bits per heavy atom. The summed E-state index contributed by atoms with van der Waals surface area (Å²) < 4.78 is 33.9. The molecule has 1 aliphatic carbocycles. The molecule has 4 N–H and O–H groups in total. The zero-order valence-electron chi connectivity index (χ0n) is 20.6. The van der Waals surface area contributed by atoms with Crippen molar-refractivity contribution in [2.24, 2.45) is 0 Å². The summed E-state index contributed by atoms with van der Waals surface area (Å²) in [5.41, 5.74) is 1.22. The molecule has 2 aromatic heterocycles. The lowest BCUT2D eigenvalue weighted by atomic mass is 9.86. The van der Waals surface area contributed by atoms with Crippen molar-refractivity contribution in [1.82, 2.24) is 25.0 Å². The van der Waals surface area contributed by atoms with E-state index >= 15 is 0 Å². The Labute approximate surface area is 215 Å². The molecular weight excluding hydrogens is 500 g/mol. The van der Waals surface area contributed by atoms with E-state index in [4.69, 9.17) is 4.74 Å². The standard InChI is InChI=1S/C24H32N6O4S2/c1-4-28-36(32,33)21-13-18(29-23-25-11-12-26-23)9-10-19(21)20-14-27-22(35-20)16-5-7-17(8-6-16)30-24(31)34-15(2)3/h9-17,28H,4-8H2,1-3H3,(H,30,31)(H2,25,26,29). The van der Waals surface area contributed by atoms with Crippen LogP contribution in [0.2, 0.25) is 0 Å². The summed E-state index contributed by atoms with van der Waals surface area (Å²) in [6, 6.07) is 5.34. The predicted octanol–water partition coefficient (Wildman–Crippen LogP) is 4.74. The normalized spacial score (nSPS) is 18.2. The van der Waals surface area contributed by atoms with E-state index in [2.05, 4.69) is 30.3 Å². The Morgan fingerprint density at radius 1 is 1.22 bits per heavy atom. The van der Waals surface area contributed by atoms with Gasteiger partial charge in [0.1, 0.15) is 0 Å². The summed E-state index contributed by atoms with van der Waals surface area (Å²) in [4.78, 5) is 24.6. The summed E-state index contributed by atoms with van der Waals surface area (Å²) in [7, 11) is -3.73. The van der Waals surface area contributed by atoms with Crippen LogP contribution < -0.4 is 15.4 Å². The van der Waals surface area contributed by atoms with E-state index in [1.165, 1.54) is 11.3 Å². The van der Waals surface area contributed by atoms with Crippen molar-refractivity contribution in [3.63, 3.8) is 0 Å². The van der Waals surface area contributed by atoms with Crippen LogP contribution >= 0.6 is 11.3 Å². The SMILES string of the molecule is CCNS(=O)(=O)c1cc(Nc2ncc[nH]2)ccc1-c1cnc(C2CCC(NC(=O)OC(C)C)CC2)s1. The van der Waals surface area contributed by atoms with Crippen LogP contribution in [0.25, 0.3) is 10.4 Å². The zero-order chi connectivity index (χ0) is 25.7. The van der Waals surface area contributed by atoms with Crippen LogP contribution in [0.15, 0.2) is 41.7 Å². The molecule has 1 aliphatic rings. The minimum absolute atomic E-state index is 0.0954. The molecule has 0 atom stereocenters. The van der Waals surface area contributed by atoms with Crippen molar-refractivity contribution in [3.8, 4) is 10.4 Å². The third kappa shape index (κ3) is 6.42. The van der Waals surface area contributed by atoms with Gasteiger partial charge in [0.05, 0.1) is 20.9 Å². The molecule has 1 fully saturated rings. The molecule has 10 nitrogen and oxygen atoms in total. The third-order valence-electron chi connectivity index (χ3n) is 5.90. The number of nitrogens with one attached hydrogen (secondary N) is 4. The number of nitrogens with zero attached hydrogens (tertiary/aromatic N) is 2. The van der Waals surface area contributed by atoms with Gasteiger partial charge in [-0.15, -0.1) is 11.3 Å². The van der Waals surface area contributed by atoms with Gasteiger partial charge in [-0.05, 0) is 51.7 Å². The molecular formula is C24H32N6O4S2. The van der Waals surface area contributed by atoms with Crippen molar-refractivity contribution in [3.05, 3.63) is 41.8 Å². The average Bonchev–Trinajstić information content (AvgIpc) is 3.51. The van der Waals surface area contributed by atoms with E-state index in [1.54, 1.807) is 37.6 Å². The third-order valence-corrected chi connectivity index (χ3v) is 8.68. The Bertz CT molecular complexity index is 1270. The van der Waals surface area contributed by atoms with Gasteiger partial charge in [0.25, 0.3) is 0 Å². The van der Waals surface area contributed by atoms with Crippen LogP contribution in [0.3, 0.4) is 0 Å². The Morgan fingerprint density at radius 3 is 2.67 bits per heavy atom. The number of anilines is 2. The van der Waals surface area contributed by atoms with Gasteiger partial charge in [0.2, 0.25) is 16.0 Å². The Kier molecular flexibility index (Phi) is 8.27. The summed E-state index contributed by atoms with van der Waals surface area (Å²) >= 11 is 1.52. The molecule has 3 aromatic rings. The maximum absolute atomic E-state index is 13.1. The molecule has 0 saturated heterocycles. The van der Waals surface area contributed by atoms with E-state index in [-0.39, 0.29) is 35.6 Å². The van der Waals surface area contributed by atoms with Gasteiger partial charge in [-0.1, -0.05) is 13.0 Å². The molecule has 1 saturated carbocycles. The van der Waals surface area contributed by atoms with Crippen molar-refractivity contribution >= 4 is 39.1 Å². The van der Waals surface area contributed by atoms with E-state index in [1.807, 2.05) is 19.9 Å². The molecule has 12 heteroatoms. The van der Waals surface area contributed by atoms with Crippen molar-refractivity contribution < 1.29 is 17.9 Å². The van der Waals surface area contributed by atoms with Crippen molar-refractivity contribution in [2.45, 2.75) is 69.4 Å². The lowest BCUT2D eigenvalue weighted by molar-refractivity contribution is 0.109. The summed E-state index contributed by atoms with van der Waals surface area (Å²) in [5, 5.41) is 7.02.